The Morgan fingerprint density at radius 3 is 2.42 bits per heavy atom. The molecule has 0 atom stereocenters. The van der Waals surface area contributed by atoms with E-state index in [9.17, 15) is 14.4 Å². The maximum atomic E-state index is 12.7. The van der Waals surface area contributed by atoms with Crippen molar-refractivity contribution >= 4 is 40.6 Å². The molecule has 1 saturated heterocycles. The van der Waals surface area contributed by atoms with Crippen molar-refractivity contribution in [3.8, 4) is 0 Å². The zero-order valence-electron chi connectivity index (χ0n) is 14.6. The van der Waals surface area contributed by atoms with E-state index in [1.165, 1.54) is 12.0 Å². The quantitative estimate of drug-likeness (QED) is 0.597. The SMILES string of the molecule is COC(=O)c1ccc(/C=C2\SC(=O)N(c3cc(C)ccc3C)C2=O)cc1. The Kier molecular flexibility index (Phi) is 4.95. The van der Waals surface area contributed by atoms with Crippen LogP contribution in [0.5, 0.6) is 0 Å². The second-order valence-corrected chi connectivity index (χ2v) is 6.91. The van der Waals surface area contributed by atoms with E-state index in [4.69, 9.17) is 0 Å². The highest BCUT2D eigenvalue weighted by molar-refractivity contribution is 8.19. The normalized spacial score (nSPS) is 15.7. The Morgan fingerprint density at radius 2 is 1.77 bits per heavy atom. The first-order valence-electron chi connectivity index (χ1n) is 7.94. The van der Waals surface area contributed by atoms with Gasteiger partial charge in [-0.25, -0.2) is 9.69 Å². The number of esters is 1. The van der Waals surface area contributed by atoms with Crippen LogP contribution in [0.4, 0.5) is 10.5 Å². The van der Waals surface area contributed by atoms with Gasteiger partial charge in [0.2, 0.25) is 0 Å². The first-order valence-corrected chi connectivity index (χ1v) is 8.76. The molecule has 3 rings (SSSR count). The molecule has 2 aromatic rings. The molecule has 0 bridgehead atoms. The number of carbonyl (C=O) groups is 3. The minimum absolute atomic E-state index is 0.318. The van der Waals surface area contributed by atoms with Gasteiger partial charge in [-0.3, -0.25) is 9.59 Å². The van der Waals surface area contributed by atoms with E-state index in [1.807, 2.05) is 32.0 Å². The Bertz CT molecular complexity index is 931. The Hall–Kier alpha value is -2.86. The van der Waals surface area contributed by atoms with E-state index < -0.39 is 5.97 Å². The Labute approximate surface area is 155 Å². The molecule has 132 valence electrons. The summed E-state index contributed by atoms with van der Waals surface area (Å²) in [5.41, 5.74) is 3.60. The van der Waals surface area contributed by atoms with Gasteiger partial charge in [-0.05, 0) is 66.6 Å². The first kappa shape index (κ1) is 17.9. The van der Waals surface area contributed by atoms with Gasteiger partial charge in [-0.2, -0.15) is 0 Å². The fraction of sp³-hybridized carbons (Fsp3) is 0.150. The van der Waals surface area contributed by atoms with E-state index >= 15 is 0 Å². The summed E-state index contributed by atoms with van der Waals surface area (Å²) in [6.45, 7) is 3.79. The van der Waals surface area contributed by atoms with Gasteiger partial charge in [0.05, 0.1) is 23.3 Å². The van der Waals surface area contributed by atoms with Crippen molar-refractivity contribution in [2.75, 3.05) is 12.0 Å². The van der Waals surface area contributed by atoms with Crippen molar-refractivity contribution in [1.29, 1.82) is 0 Å². The van der Waals surface area contributed by atoms with E-state index in [0.29, 0.717) is 16.2 Å². The third kappa shape index (κ3) is 3.41. The largest absolute Gasteiger partial charge is 0.465 e. The highest BCUT2D eigenvalue weighted by atomic mass is 32.2. The fourth-order valence-corrected chi connectivity index (χ4v) is 3.45. The molecule has 1 aliphatic rings. The van der Waals surface area contributed by atoms with E-state index in [0.717, 1.165) is 28.5 Å². The monoisotopic (exact) mass is 367 g/mol. The number of carbonyl (C=O) groups excluding carboxylic acids is 3. The Morgan fingerprint density at radius 1 is 1.08 bits per heavy atom. The number of anilines is 1. The molecule has 26 heavy (non-hydrogen) atoms. The molecule has 1 aliphatic heterocycles. The smallest absolute Gasteiger partial charge is 0.337 e. The van der Waals surface area contributed by atoms with Crippen LogP contribution in [0, 0.1) is 13.8 Å². The van der Waals surface area contributed by atoms with Gasteiger partial charge in [-0.15, -0.1) is 0 Å². The summed E-state index contributed by atoms with van der Waals surface area (Å²) in [5, 5.41) is -0.318. The third-order valence-electron chi connectivity index (χ3n) is 4.03. The molecular weight excluding hydrogens is 350 g/mol. The maximum absolute atomic E-state index is 12.7. The summed E-state index contributed by atoms with van der Waals surface area (Å²) in [6.07, 6.45) is 1.65. The van der Waals surface area contributed by atoms with Crippen LogP contribution < -0.4 is 4.90 Å². The van der Waals surface area contributed by atoms with Gasteiger partial charge in [0.15, 0.2) is 0 Å². The number of benzene rings is 2. The zero-order chi connectivity index (χ0) is 18.8. The molecule has 2 aromatic carbocycles. The molecule has 0 radical (unpaired) electrons. The zero-order valence-corrected chi connectivity index (χ0v) is 15.4. The molecule has 5 nitrogen and oxygen atoms in total. The number of amides is 2. The molecule has 0 spiro atoms. The lowest BCUT2D eigenvalue weighted by atomic mass is 10.1. The number of ether oxygens (including phenoxy) is 1. The number of aryl methyl sites for hydroxylation is 2. The number of imide groups is 1. The lowest BCUT2D eigenvalue weighted by molar-refractivity contribution is -0.113. The fourth-order valence-electron chi connectivity index (χ4n) is 2.62. The number of rotatable bonds is 3. The summed E-state index contributed by atoms with van der Waals surface area (Å²) < 4.78 is 4.66. The highest BCUT2D eigenvalue weighted by Gasteiger charge is 2.37. The summed E-state index contributed by atoms with van der Waals surface area (Å²) in [5.74, 6) is -0.766. The van der Waals surface area contributed by atoms with Crippen molar-refractivity contribution in [2.45, 2.75) is 13.8 Å². The van der Waals surface area contributed by atoms with E-state index in [2.05, 4.69) is 4.74 Å². The maximum Gasteiger partial charge on any atom is 0.337 e. The molecular formula is C20H17NO4S. The number of hydrogen-bond donors (Lipinski definition) is 0. The van der Waals surface area contributed by atoms with E-state index in [-0.39, 0.29) is 11.1 Å². The van der Waals surface area contributed by atoms with Crippen molar-refractivity contribution in [3.63, 3.8) is 0 Å². The minimum atomic E-state index is -0.424. The van der Waals surface area contributed by atoms with Gasteiger partial charge in [0.25, 0.3) is 11.1 Å². The van der Waals surface area contributed by atoms with Crippen LogP contribution in [0.1, 0.15) is 27.0 Å². The number of nitrogens with zero attached hydrogens (tertiary/aromatic N) is 1. The van der Waals surface area contributed by atoms with Crippen LogP contribution in [0.15, 0.2) is 47.4 Å². The van der Waals surface area contributed by atoms with Crippen LogP contribution in [0.3, 0.4) is 0 Å². The summed E-state index contributed by atoms with van der Waals surface area (Å²) >= 11 is 0.908. The van der Waals surface area contributed by atoms with Gasteiger partial charge in [0.1, 0.15) is 0 Å². The van der Waals surface area contributed by atoms with Gasteiger partial charge >= 0.3 is 5.97 Å². The second-order valence-electron chi connectivity index (χ2n) is 5.92. The molecule has 0 unspecified atom stereocenters. The molecule has 0 aliphatic carbocycles. The van der Waals surface area contributed by atoms with Crippen LogP contribution >= 0.6 is 11.8 Å². The third-order valence-corrected chi connectivity index (χ3v) is 4.90. The predicted octanol–water partition coefficient (Wildman–Crippen LogP) is 4.33. The van der Waals surface area contributed by atoms with Crippen LogP contribution in [-0.2, 0) is 9.53 Å². The first-order chi connectivity index (χ1) is 12.4. The van der Waals surface area contributed by atoms with Gasteiger partial charge < -0.3 is 4.74 Å². The summed E-state index contributed by atoms with van der Waals surface area (Å²) in [4.78, 5) is 38.2. The average molecular weight is 367 g/mol. The highest BCUT2D eigenvalue weighted by Crippen LogP contribution is 2.37. The number of thioether (sulfide) groups is 1. The van der Waals surface area contributed by atoms with E-state index in [1.54, 1.807) is 30.3 Å². The molecule has 2 amide bonds. The van der Waals surface area contributed by atoms with Crippen molar-refractivity contribution in [3.05, 3.63) is 69.6 Å². The molecule has 6 heteroatoms. The van der Waals surface area contributed by atoms with Crippen molar-refractivity contribution < 1.29 is 19.1 Å². The van der Waals surface area contributed by atoms with Gasteiger partial charge in [-0.1, -0.05) is 24.3 Å². The topological polar surface area (TPSA) is 63.7 Å². The molecule has 1 heterocycles. The summed E-state index contributed by atoms with van der Waals surface area (Å²) in [6, 6.07) is 12.3. The minimum Gasteiger partial charge on any atom is -0.465 e. The molecule has 0 aromatic heterocycles. The number of hydrogen-bond acceptors (Lipinski definition) is 5. The standard InChI is InChI=1S/C20H17NO4S/c1-12-4-5-13(2)16(10-12)21-18(22)17(26-20(21)24)11-14-6-8-15(9-7-14)19(23)25-3/h4-11H,1-3H3/b17-11-. The predicted molar refractivity (Wildman–Crippen MR) is 102 cm³/mol. The molecule has 1 fully saturated rings. The number of methoxy groups -OCH3 is 1. The van der Waals surface area contributed by atoms with Crippen molar-refractivity contribution in [1.82, 2.24) is 0 Å². The molecule has 0 saturated carbocycles. The Balaban J connectivity index is 1.90. The lowest BCUT2D eigenvalue weighted by Gasteiger charge is -2.16. The van der Waals surface area contributed by atoms with Crippen LogP contribution in [0.25, 0.3) is 6.08 Å². The average Bonchev–Trinajstić information content (AvgIpc) is 2.90. The van der Waals surface area contributed by atoms with Crippen LogP contribution in [0.2, 0.25) is 0 Å². The molecule has 0 N–H and O–H groups in total. The van der Waals surface area contributed by atoms with Gasteiger partial charge in [0, 0.05) is 0 Å². The summed E-state index contributed by atoms with van der Waals surface area (Å²) in [7, 11) is 1.32. The second kappa shape index (κ2) is 7.17. The van der Waals surface area contributed by atoms with Crippen molar-refractivity contribution in [2.24, 2.45) is 0 Å². The van der Waals surface area contributed by atoms with Crippen LogP contribution in [-0.4, -0.2) is 24.2 Å². The lowest BCUT2D eigenvalue weighted by Crippen LogP contribution is -2.28.